The van der Waals surface area contributed by atoms with Gasteiger partial charge in [-0.2, -0.15) is 0 Å². The average molecular weight is 435 g/mol. The molecule has 2 heterocycles. The van der Waals surface area contributed by atoms with Gasteiger partial charge in [-0.1, -0.05) is 48.5 Å². The molecule has 0 unspecified atom stereocenters. The van der Waals surface area contributed by atoms with Crippen molar-refractivity contribution in [1.29, 1.82) is 0 Å². The second kappa shape index (κ2) is 9.57. The van der Waals surface area contributed by atoms with E-state index in [4.69, 9.17) is 9.47 Å². The van der Waals surface area contributed by atoms with E-state index < -0.39 is 5.97 Å². The van der Waals surface area contributed by atoms with E-state index in [0.717, 1.165) is 11.3 Å². The van der Waals surface area contributed by atoms with Crippen LogP contribution in [0.1, 0.15) is 20.8 Å². The van der Waals surface area contributed by atoms with Gasteiger partial charge in [0.2, 0.25) is 0 Å². The number of fused-ring (bicyclic) bond motifs is 1. The summed E-state index contributed by atoms with van der Waals surface area (Å²) in [7, 11) is 0. The summed E-state index contributed by atoms with van der Waals surface area (Å²) >= 11 is 1.19. The van der Waals surface area contributed by atoms with Crippen LogP contribution in [0.15, 0.2) is 71.8 Å². The Morgan fingerprint density at radius 2 is 1.74 bits per heavy atom. The van der Waals surface area contributed by atoms with Crippen LogP contribution >= 0.6 is 11.3 Å². The van der Waals surface area contributed by atoms with Gasteiger partial charge < -0.3 is 9.47 Å². The summed E-state index contributed by atoms with van der Waals surface area (Å²) in [5.41, 5.74) is 1.53. The fourth-order valence-electron chi connectivity index (χ4n) is 3.26. The number of carbonyl (C=O) groups excluding carboxylic acids is 1. The van der Waals surface area contributed by atoms with E-state index >= 15 is 0 Å². The van der Waals surface area contributed by atoms with Crippen molar-refractivity contribution < 1.29 is 14.3 Å². The standard InChI is InChI=1S/C24H22N2O4S/c1-17-20-22(31-21(17)24(28)30-14-12-18-8-4-2-5-9-18)25-16-26(23(20)27)13-15-29-19-10-6-3-7-11-19/h2-11,16H,12-15H2,1H3. The Labute approximate surface area is 183 Å². The van der Waals surface area contributed by atoms with Crippen molar-refractivity contribution in [3.05, 3.63) is 93.3 Å². The van der Waals surface area contributed by atoms with E-state index in [1.807, 2.05) is 60.7 Å². The van der Waals surface area contributed by atoms with Crippen molar-refractivity contribution >= 4 is 27.5 Å². The number of carbonyl (C=O) groups is 1. The van der Waals surface area contributed by atoms with Crippen molar-refractivity contribution in [2.75, 3.05) is 13.2 Å². The molecule has 0 saturated carbocycles. The van der Waals surface area contributed by atoms with Gasteiger partial charge >= 0.3 is 5.97 Å². The zero-order valence-electron chi connectivity index (χ0n) is 17.1. The summed E-state index contributed by atoms with van der Waals surface area (Å²) < 4.78 is 12.6. The third-order valence-corrected chi connectivity index (χ3v) is 6.09. The highest BCUT2D eigenvalue weighted by Gasteiger charge is 2.20. The summed E-state index contributed by atoms with van der Waals surface area (Å²) in [6.45, 7) is 2.75. The minimum absolute atomic E-state index is 0.182. The van der Waals surface area contributed by atoms with Crippen LogP contribution < -0.4 is 10.3 Å². The molecule has 7 heteroatoms. The van der Waals surface area contributed by atoms with Crippen molar-refractivity contribution in [3.63, 3.8) is 0 Å². The molecule has 2 aromatic heterocycles. The van der Waals surface area contributed by atoms with E-state index in [2.05, 4.69) is 4.98 Å². The van der Waals surface area contributed by atoms with Crippen LogP contribution in [0.3, 0.4) is 0 Å². The molecule has 0 aliphatic heterocycles. The predicted octanol–water partition coefficient (Wildman–Crippen LogP) is 4.24. The van der Waals surface area contributed by atoms with E-state index in [0.29, 0.717) is 40.2 Å². The molecule has 0 saturated heterocycles. The first-order chi connectivity index (χ1) is 15.1. The molecular formula is C24H22N2O4S. The SMILES string of the molecule is Cc1c(C(=O)OCCc2ccccc2)sc2ncn(CCOc3ccccc3)c(=O)c12. The number of para-hydroxylation sites is 1. The Morgan fingerprint density at radius 3 is 2.48 bits per heavy atom. The van der Waals surface area contributed by atoms with Crippen molar-refractivity contribution in [2.45, 2.75) is 19.9 Å². The van der Waals surface area contributed by atoms with Crippen LogP contribution in [0.25, 0.3) is 10.2 Å². The summed E-state index contributed by atoms with van der Waals surface area (Å²) in [4.78, 5) is 30.9. The number of esters is 1. The highest BCUT2D eigenvalue weighted by molar-refractivity contribution is 7.20. The van der Waals surface area contributed by atoms with Gasteiger partial charge in [0.1, 0.15) is 22.1 Å². The van der Waals surface area contributed by atoms with Gasteiger partial charge in [-0.05, 0) is 30.2 Å². The van der Waals surface area contributed by atoms with E-state index in [1.54, 1.807) is 6.92 Å². The summed E-state index contributed by atoms with van der Waals surface area (Å²) in [6, 6.07) is 19.3. The van der Waals surface area contributed by atoms with Crippen molar-refractivity contribution in [3.8, 4) is 5.75 Å². The summed E-state index contributed by atoms with van der Waals surface area (Å²) in [5, 5.41) is 0.460. The molecule has 0 atom stereocenters. The van der Waals surface area contributed by atoms with Crippen LogP contribution in [-0.2, 0) is 17.7 Å². The number of ether oxygens (including phenoxy) is 2. The molecule has 158 valence electrons. The smallest absolute Gasteiger partial charge is 0.348 e. The lowest BCUT2D eigenvalue weighted by molar-refractivity contribution is 0.0514. The normalized spacial score (nSPS) is 10.9. The molecule has 31 heavy (non-hydrogen) atoms. The minimum atomic E-state index is -0.421. The molecule has 0 fully saturated rings. The Morgan fingerprint density at radius 1 is 1.03 bits per heavy atom. The molecule has 0 N–H and O–H groups in total. The molecule has 4 rings (SSSR count). The number of hydrogen-bond acceptors (Lipinski definition) is 6. The number of benzene rings is 2. The van der Waals surface area contributed by atoms with Gasteiger partial charge in [0.15, 0.2) is 0 Å². The van der Waals surface area contributed by atoms with Crippen LogP contribution in [0, 0.1) is 6.92 Å². The molecule has 0 aliphatic carbocycles. The number of hydrogen-bond donors (Lipinski definition) is 0. The fraction of sp³-hybridized carbons (Fsp3) is 0.208. The largest absolute Gasteiger partial charge is 0.492 e. The molecule has 0 aliphatic rings. The topological polar surface area (TPSA) is 70.4 Å². The number of thiophene rings is 1. The van der Waals surface area contributed by atoms with Crippen LogP contribution in [0.4, 0.5) is 0 Å². The minimum Gasteiger partial charge on any atom is -0.492 e. The number of rotatable bonds is 8. The van der Waals surface area contributed by atoms with Gasteiger partial charge in [0.25, 0.3) is 5.56 Å². The lowest BCUT2D eigenvalue weighted by Crippen LogP contribution is -2.23. The summed E-state index contributed by atoms with van der Waals surface area (Å²) in [6.07, 6.45) is 2.14. The van der Waals surface area contributed by atoms with Gasteiger partial charge in [0, 0.05) is 6.42 Å². The van der Waals surface area contributed by atoms with Crippen molar-refractivity contribution in [2.24, 2.45) is 0 Å². The number of aromatic nitrogens is 2. The van der Waals surface area contributed by atoms with Crippen LogP contribution in [0.5, 0.6) is 5.75 Å². The first-order valence-corrected chi connectivity index (χ1v) is 10.8. The molecule has 6 nitrogen and oxygen atoms in total. The quantitative estimate of drug-likeness (QED) is 0.388. The lowest BCUT2D eigenvalue weighted by atomic mass is 10.2. The van der Waals surface area contributed by atoms with Crippen LogP contribution in [-0.4, -0.2) is 28.7 Å². The molecule has 0 amide bonds. The molecule has 0 radical (unpaired) electrons. The average Bonchev–Trinajstić information content (AvgIpc) is 3.14. The van der Waals surface area contributed by atoms with Crippen molar-refractivity contribution in [1.82, 2.24) is 9.55 Å². The second-order valence-corrected chi connectivity index (χ2v) is 8.01. The zero-order valence-corrected chi connectivity index (χ0v) is 17.9. The maximum absolute atomic E-state index is 12.9. The maximum atomic E-state index is 12.9. The highest BCUT2D eigenvalue weighted by Crippen LogP contribution is 2.27. The first-order valence-electron chi connectivity index (χ1n) is 10.0. The molecule has 4 aromatic rings. The third kappa shape index (κ3) is 4.83. The van der Waals surface area contributed by atoms with Gasteiger partial charge in [-0.25, -0.2) is 9.78 Å². The van der Waals surface area contributed by atoms with E-state index in [9.17, 15) is 9.59 Å². The molecular weight excluding hydrogens is 412 g/mol. The molecule has 2 aromatic carbocycles. The zero-order chi connectivity index (χ0) is 21.6. The monoisotopic (exact) mass is 434 g/mol. The Kier molecular flexibility index (Phi) is 6.43. The fourth-order valence-corrected chi connectivity index (χ4v) is 4.30. The number of aryl methyl sites for hydroxylation is 1. The Balaban J connectivity index is 1.44. The molecule has 0 spiro atoms. The van der Waals surface area contributed by atoms with E-state index in [-0.39, 0.29) is 12.2 Å². The first kappa shape index (κ1) is 20.8. The van der Waals surface area contributed by atoms with E-state index in [1.165, 1.54) is 22.2 Å². The third-order valence-electron chi connectivity index (χ3n) is 4.91. The Hall–Kier alpha value is -3.45. The summed E-state index contributed by atoms with van der Waals surface area (Å²) in [5.74, 6) is 0.326. The Bertz CT molecular complexity index is 1230. The van der Waals surface area contributed by atoms with Gasteiger partial charge in [-0.15, -0.1) is 11.3 Å². The number of nitrogens with zero attached hydrogens (tertiary/aromatic N) is 2. The predicted molar refractivity (Wildman–Crippen MR) is 121 cm³/mol. The molecule has 0 bridgehead atoms. The van der Waals surface area contributed by atoms with Gasteiger partial charge in [-0.3, -0.25) is 9.36 Å². The van der Waals surface area contributed by atoms with Crippen LogP contribution in [0.2, 0.25) is 0 Å². The maximum Gasteiger partial charge on any atom is 0.348 e. The highest BCUT2D eigenvalue weighted by atomic mass is 32.1. The lowest BCUT2D eigenvalue weighted by Gasteiger charge is -2.08. The van der Waals surface area contributed by atoms with Gasteiger partial charge in [0.05, 0.1) is 24.9 Å². The second-order valence-electron chi connectivity index (χ2n) is 7.01.